The first kappa shape index (κ1) is 20.9. The number of sulfonamides is 2. The first-order valence-corrected chi connectivity index (χ1v) is 12.1. The van der Waals surface area contributed by atoms with Crippen molar-refractivity contribution in [2.24, 2.45) is 0 Å². The fraction of sp³-hybridized carbons (Fsp3) is 0.368. The third-order valence-corrected chi connectivity index (χ3v) is 8.05. The van der Waals surface area contributed by atoms with E-state index in [1.165, 1.54) is 52.8 Å². The number of rotatable bonds is 6. The first-order valence-electron chi connectivity index (χ1n) is 9.13. The number of nitrogens with one attached hydrogen (secondary N) is 1. The SMILES string of the molecule is O=S(=O)(NCc1ccc(F)cc1)c1ccc(S(=O)(=O)N2CCCCCC2)cc1. The molecule has 0 bridgehead atoms. The molecule has 0 radical (unpaired) electrons. The first-order chi connectivity index (χ1) is 13.3. The van der Waals surface area contributed by atoms with Crippen LogP contribution in [0, 0.1) is 5.82 Å². The summed E-state index contributed by atoms with van der Waals surface area (Å²) in [5, 5.41) is 0. The molecule has 0 amide bonds. The zero-order valence-electron chi connectivity index (χ0n) is 15.3. The molecule has 152 valence electrons. The molecule has 0 aromatic heterocycles. The predicted octanol–water partition coefficient (Wildman–Crippen LogP) is 2.87. The van der Waals surface area contributed by atoms with Gasteiger partial charge in [0.1, 0.15) is 5.82 Å². The minimum Gasteiger partial charge on any atom is -0.207 e. The fourth-order valence-corrected chi connectivity index (χ4v) is 5.62. The number of hydrogen-bond donors (Lipinski definition) is 1. The Kier molecular flexibility index (Phi) is 6.49. The van der Waals surface area contributed by atoms with Gasteiger partial charge in [0.2, 0.25) is 20.0 Å². The maximum absolute atomic E-state index is 12.9. The smallest absolute Gasteiger partial charge is 0.207 e. The maximum Gasteiger partial charge on any atom is 0.243 e. The van der Waals surface area contributed by atoms with Gasteiger partial charge in [0.05, 0.1) is 9.79 Å². The van der Waals surface area contributed by atoms with Gasteiger partial charge in [0.25, 0.3) is 0 Å². The zero-order valence-corrected chi connectivity index (χ0v) is 17.0. The van der Waals surface area contributed by atoms with Crippen LogP contribution in [0.4, 0.5) is 4.39 Å². The molecule has 1 saturated heterocycles. The Morgan fingerprint density at radius 3 is 1.89 bits per heavy atom. The van der Waals surface area contributed by atoms with Crippen LogP contribution in [0.25, 0.3) is 0 Å². The second-order valence-electron chi connectivity index (χ2n) is 6.74. The Balaban J connectivity index is 1.72. The van der Waals surface area contributed by atoms with Crippen molar-refractivity contribution in [3.63, 3.8) is 0 Å². The largest absolute Gasteiger partial charge is 0.243 e. The summed E-state index contributed by atoms with van der Waals surface area (Å²) in [5.74, 6) is -0.396. The Hall–Kier alpha value is -1.81. The lowest BCUT2D eigenvalue weighted by molar-refractivity contribution is 0.423. The third kappa shape index (κ3) is 4.96. The molecule has 0 saturated carbocycles. The van der Waals surface area contributed by atoms with Gasteiger partial charge >= 0.3 is 0 Å². The highest BCUT2D eigenvalue weighted by atomic mass is 32.2. The van der Waals surface area contributed by atoms with Crippen LogP contribution in [0.3, 0.4) is 0 Å². The summed E-state index contributed by atoms with van der Waals surface area (Å²) in [6.45, 7) is 0.986. The van der Waals surface area contributed by atoms with Gasteiger partial charge in [-0.25, -0.2) is 25.9 Å². The molecular weight excluding hydrogens is 403 g/mol. The van der Waals surface area contributed by atoms with Crippen LogP contribution in [0.1, 0.15) is 31.2 Å². The Bertz CT molecular complexity index is 997. The maximum atomic E-state index is 12.9. The van der Waals surface area contributed by atoms with E-state index in [4.69, 9.17) is 0 Å². The van der Waals surface area contributed by atoms with Crippen LogP contribution >= 0.6 is 0 Å². The van der Waals surface area contributed by atoms with Gasteiger partial charge in [-0.1, -0.05) is 25.0 Å². The molecule has 1 heterocycles. The second kappa shape index (κ2) is 8.69. The van der Waals surface area contributed by atoms with E-state index in [2.05, 4.69) is 4.72 Å². The summed E-state index contributed by atoms with van der Waals surface area (Å²) >= 11 is 0. The van der Waals surface area contributed by atoms with E-state index in [-0.39, 0.29) is 16.3 Å². The van der Waals surface area contributed by atoms with Crippen LogP contribution < -0.4 is 4.72 Å². The minimum atomic E-state index is -3.81. The summed E-state index contributed by atoms with van der Waals surface area (Å²) in [6, 6.07) is 10.7. The number of halogens is 1. The molecule has 2 aromatic rings. The summed E-state index contributed by atoms with van der Waals surface area (Å²) < 4.78 is 67.2. The van der Waals surface area contributed by atoms with Gasteiger partial charge in [-0.3, -0.25) is 0 Å². The number of benzene rings is 2. The number of nitrogens with zero attached hydrogens (tertiary/aromatic N) is 1. The molecule has 2 aromatic carbocycles. The topological polar surface area (TPSA) is 83.5 Å². The minimum absolute atomic E-state index is 0.0104. The van der Waals surface area contributed by atoms with Gasteiger partial charge in [0, 0.05) is 19.6 Å². The van der Waals surface area contributed by atoms with Crippen LogP contribution in [-0.4, -0.2) is 34.2 Å². The average molecular weight is 427 g/mol. The molecule has 0 spiro atoms. The standard InChI is InChI=1S/C19H23FN2O4S2/c20-17-7-5-16(6-8-17)15-21-27(23,24)18-9-11-19(12-10-18)28(25,26)22-13-3-1-2-4-14-22/h5-12,21H,1-4,13-15H2. The van der Waals surface area contributed by atoms with Gasteiger partial charge in [-0.15, -0.1) is 0 Å². The molecule has 1 N–H and O–H groups in total. The van der Waals surface area contributed by atoms with Gasteiger partial charge in [-0.2, -0.15) is 4.31 Å². The second-order valence-corrected chi connectivity index (χ2v) is 10.4. The van der Waals surface area contributed by atoms with E-state index in [0.29, 0.717) is 18.7 Å². The molecule has 0 unspecified atom stereocenters. The molecule has 9 heteroatoms. The molecule has 0 aliphatic carbocycles. The van der Waals surface area contributed by atoms with Crippen LogP contribution in [0.5, 0.6) is 0 Å². The molecule has 1 aliphatic rings. The molecular formula is C19H23FN2O4S2. The van der Waals surface area contributed by atoms with E-state index < -0.39 is 25.9 Å². The fourth-order valence-electron chi connectivity index (χ4n) is 3.09. The van der Waals surface area contributed by atoms with Crippen molar-refractivity contribution in [1.29, 1.82) is 0 Å². The van der Waals surface area contributed by atoms with Crippen molar-refractivity contribution in [3.8, 4) is 0 Å². The third-order valence-electron chi connectivity index (χ3n) is 4.72. The summed E-state index contributed by atoms with van der Waals surface area (Å²) in [7, 11) is -7.44. The number of hydrogen-bond acceptors (Lipinski definition) is 4. The van der Waals surface area contributed by atoms with E-state index in [1.807, 2.05) is 0 Å². The van der Waals surface area contributed by atoms with Crippen molar-refractivity contribution in [2.45, 2.75) is 42.0 Å². The lowest BCUT2D eigenvalue weighted by Gasteiger charge is -2.20. The van der Waals surface area contributed by atoms with Crippen molar-refractivity contribution in [2.75, 3.05) is 13.1 Å². The van der Waals surface area contributed by atoms with Crippen molar-refractivity contribution >= 4 is 20.0 Å². The summed E-state index contributed by atoms with van der Waals surface area (Å²) in [4.78, 5) is 0.0660. The molecule has 1 fully saturated rings. The van der Waals surface area contributed by atoms with E-state index in [9.17, 15) is 21.2 Å². The lowest BCUT2D eigenvalue weighted by atomic mass is 10.2. The highest BCUT2D eigenvalue weighted by molar-refractivity contribution is 7.89. The molecule has 1 aliphatic heterocycles. The van der Waals surface area contributed by atoms with Crippen LogP contribution in [-0.2, 0) is 26.6 Å². The highest BCUT2D eigenvalue weighted by Gasteiger charge is 2.25. The Labute approximate surface area is 165 Å². The van der Waals surface area contributed by atoms with Crippen LogP contribution in [0.2, 0.25) is 0 Å². The van der Waals surface area contributed by atoms with Gasteiger partial charge in [-0.05, 0) is 54.8 Å². The van der Waals surface area contributed by atoms with Crippen molar-refractivity contribution < 1.29 is 21.2 Å². The van der Waals surface area contributed by atoms with Crippen molar-refractivity contribution in [3.05, 3.63) is 59.9 Å². The molecule has 0 atom stereocenters. The lowest BCUT2D eigenvalue weighted by Crippen LogP contribution is -2.32. The van der Waals surface area contributed by atoms with Gasteiger partial charge < -0.3 is 0 Å². The van der Waals surface area contributed by atoms with Crippen LogP contribution in [0.15, 0.2) is 58.3 Å². The van der Waals surface area contributed by atoms with E-state index >= 15 is 0 Å². The summed E-state index contributed by atoms with van der Waals surface area (Å²) in [5.41, 5.74) is 0.616. The molecule has 28 heavy (non-hydrogen) atoms. The van der Waals surface area contributed by atoms with Gasteiger partial charge in [0.15, 0.2) is 0 Å². The molecule has 6 nitrogen and oxygen atoms in total. The molecule has 3 rings (SSSR count). The zero-order chi connectivity index (χ0) is 20.2. The Morgan fingerprint density at radius 1 is 0.786 bits per heavy atom. The monoisotopic (exact) mass is 426 g/mol. The summed E-state index contributed by atoms with van der Waals surface area (Å²) in [6.07, 6.45) is 3.70. The van der Waals surface area contributed by atoms with E-state index in [1.54, 1.807) is 0 Å². The highest BCUT2D eigenvalue weighted by Crippen LogP contribution is 2.22. The quantitative estimate of drug-likeness (QED) is 0.770. The van der Waals surface area contributed by atoms with E-state index in [0.717, 1.165) is 25.7 Å². The predicted molar refractivity (Wildman–Crippen MR) is 104 cm³/mol. The average Bonchev–Trinajstić information content (AvgIpc) is 2.98. The Morgan fingerprint density at radius 2 is 1.32 bits per heavy atom. The normalized spacial score (nSPS) is 16.6. The van der Waals surface area contributed by atoms with Crippen molar-refractivity contribution in [1.82, 2.24) is 9.03 Å².